The van der Waals surface area contributed by atoms with Gasteiger partial charge in [-0.3, -0.25) is 0 Å². The highest BCUT2D eigenvalue weighted by Crippen LogP contribution is 2.63. The molecule has 0 amide bonds. The largest absolute Gasteiger partial charge is 0.398 e. The van der Waals surface area contributed by atoms with Crippen LogP contribution >= 0.6 is 0 Å². The molecule has 1 spiro atoms. The lowest BCUT2D eigenvalue weighted by Crippen LogP contribution is -2.36. The molecule has 0 heterocycles. The molecule has 3 aliphatic carbocycles. The first-order valence-corrected chi connectivity index (χ1v) is 7.44. The van der Waals surface area contributed by atoms with E-state index < -0.39 is 0 Å². The number of hydrogen-bond acceptors (Lipinski definition) is 1. The minimum atomic E-state index is 0.0970. The van der Waals surface area contributed by atoms with Gasteiger partial charge in [-0.25, -0.2) is 0 Å². The third kappa shape index (κ3) is 1.21. The number of allylic oxidation sites excluding steroid dienone is 4. The van der Waals surface area contributed by atoms with E-state index in [1.54, 1.807) is 0 Å². The SMILES string of the molecule is CC12C=CC=C[C@@H]1C1(CCCC1)c1cccc(N)c12. The fraction of sp³-hybridized carbons (Fsp3) is 0.444. The quantitative estimate of drug-likeness (QED) is 0.690. The Labute approximate surface area is 115 Å². The minimum absolute atomic E-state index is 0.0970. The summed E-state index contributed by atoms with van der Waals surface area (Å²) in [5.41, 5.74) is 10.7. The molecule has 1 unspecified atom stereocenters. The lowest BCUT2D eigenvalue weighted by atomic mass is 9.65. The van der Waals surface area contributed by atoms with Gasteiger partial charge in [-0.05, 0) is 36.0 Å². The minimum Gasteiger partial charge on any atom is -0.398 e. The van der Waals surface area contributed by atoms with Crippen molar-refractivity contribution in [1.29, 1.82) is 0 Å². The summed E-state index contributed by atoms with van der Waals surface area (Å²) >= 11 is 0. The van der Waals surface area contributed by atoms with Crippen molar-refractivity contribution in [1.82, 2.24) is 0 Å². The molecule has 1 nitrogen and oxygen atoms in total. The molecule has 1 aromatic rings. The zero-order valence-electron chi connectivity index (χ0n) is 11.5. The van der Waals surface area contributed by atoms with Gasteiger partial charge in [0.25, 0.3) is 0 Å². The Bertz CT molecular complexity index is 590. The molecule has 19 heavy (non-hydrogen) atoms. The van der Waals surface area contributed by atoms with Crippen LogP contribution in [-0.2, 0) is 10.8 Å². The van der Waals surface area contributed by atoms with Crippen molar-refractivity contribution < 1.29 is 0 Å². The van der Waals surface area contributed by atoms with Gasteiger partial charge in [0.15, 0.2) is 0 Å². The highest BCUT2D eigenvalue weighted by atomic mass is 14.7. The van der Waals surface area contributed by atoms with Gasteiger partial charge < -0.3 is 5.73 Å². The van der Waals surface area contributed by atoms with Crippen LogP contribution in [0.4, 0.5) is 5.69 Å². The monoisotopic (exact) mass is 251 g/mol. The fourth-order valence-corrected chi connectivity index (χ4v) is 5.07. The van der Waals surface area contributed by atoms with Crippen LogP contribution in [0.15, 0.2) is 42.5 Å². The molecule has 0 radical (unpaired) electrons. The first-order valence-electron chi connectivity index (χ1n) is 7.44. The molecule has 2 N–H and O–H groups in total. The van der Waals surface area contributed by atoms with Crippen molar-refractivity contribution >= 4 is 5.69 Å². The Morgan fingerprint density at radius 1 is 1.16 bits per heavy atom. The number of hydrogen-bond donors (Lipinski definition) is 1. The predicted octanol–water partition coefficient (Wildman–Crippen LogP) is 4.09. The molecule has 0 bridgehead atoms. The lowest BCUT2D eigenvalue weighted by Gasteiger charge is -2.38. The molecule has 2 atom stereocenters. The van der Waals surface area contributed by atoms with Crippen molar-refractivity contribution in [3.8, 4) is 0 Å². The van der Waals surface area contributed by atoms with Gasteiger partial charge >= 0.3 is 0 Å². The molecule has 1 fully saturated rings. The molecule has 1 aromatic carbocycles. The third-order valence-corrected chi connectivity index (χ3v) is 5.77. The zero-order valence-corrected chi connectivity index (χ0v) is 11.5. The summed E-state index contributed by atoms with van der Waals surface area (Å²) in [5, 5.41) is 0. The molecule has 0 aromatic heterocycles. The Morgan fingerprint density at radius 3 is 2.74 bits per heavy atom. The summed E-state index contributed by atoms with van der Waals surface area (Å²) in [5.74, 6) is 0.590. The van der Waals surface area contributed by atoms with E-state index in [9.17, 15) is 0 Å². The number of anilines is 1. The molecule has 4 rings (SSSR count). The Hall–Kier alpha value is -1.50. The number of rotatable bonds is 0. The van der Waals surface area contributed by atoms with Gasteiger partial charge in [0, 0.05) is 16.5 Å². The molecular weight excluding hydrogens is 230 g/mol. The third-order valence-electron chi connectivity index (χ3n) is 5.77. The van der Waals surface area contributed by atoms with E-state index in [1.807, 2.05) is 0 Å². The first-order chi connectivity index (χ1) is 9.18. The molecule has 0 saturated heterocycles. The number of benzene rings is 1. The average Bonchev–Trinajstić information content (AvgIpc) is 2.96. The standard InChI is InChI=1S/C18H21N/c1-17-10-3-2-9-15(17)18(11-4-5-12-18)13-7-6-8-14(19)16(13)17/h2-3,6-10,15H,4-5,11-12,19H2,1H3/t15-,17?/m0/s1. The normalized spacial score (nSPS) is 33.6. The Balaban J connectivity index is 2.05. The van der Waals surface area contributed by atoms with E-state index in [0.717, 1.165) is 5.69 Å². The zero-order chi connectivity index (χ0) is 13.1. The number of fused-ring (bicyclic) bond motifs is 5. The van der Waals surface area contributed by atoms with Crippen molar-refractivity contribution in [2.75, 3.05) is 5.73 Å². The maximum absolute atomic E-state index is 6.36. The molecule has 3 aliphatic rings. The summed E-state index contributed by atoms with van der Waals surface area (Å²) in [6.45, 7) is 2.37. The van der Waals surface area contributed by atoms with Crippen LogP contribution in [0.3, 0.4) is 0 Å². The Morgan fingerprint density at radius 2 is 1.95 bits per heavy atom. The fourth-order valence-electron chi connectivity index (χ4n) is 5.07. The molecule has 1 saturated carbocycles. The summed E-state index contributed by atoms with van der Waals surface area (Å²) in [4.78, 5) is 0. The van der Waals surface area contributed by atoms with E-state index >= 15 is 0 Å². The van der Waals surface area contributed by atoms with Crippen LogP contribution < -0.4 is 5.73 Å². The molecule has 1 heteroatoms. The summed E-state index contributed by atoms with van der Waals surface area (Å²) in [6, 6.07) is 6.55. The van der Waals surface area contributed by atoms with Gasteiger partial charge in [-0.2, -0.15) is 0 Å². The predicted molar refractivity (Wildman–Crippen MR) is 80.1 cm³/mol. The highest BCUT2D eigenvalue weighted by Gasteiger charge is 2.57. The van der Waals surface area contributed by atoms with Crippen molar-refractivity contribution in [3.05, 3.63) is 53.6 Å². The smallest absolute Gasteiger partial charge is 0.0358 e. The van der Waals surface area contributed by atoms with E-state index in [1.165, 1.54) is 36.8 Å². The second kappa shape index (κ2) is 3.53. The van der Waals surface area contributed by atoms with Crippen LogP contribution in [-0.4, -0.2) is 0 Å². The van der Waals surface area contributed by atoms with Crippen LogP contribution in [0.1, 0.15) is 43.7 Å². The maximum Gasteiger partial charge on any atom is 0.0358 e. The van der Waals surface area contributed by atoms with E-state index in [4.69, 9.17) is 5.73 Å². The Kier molecular flexibility index (Phi) is 2.11. The van der Waals surface area contributed by atoms with Gasteiger partial charge in [-0.1, -0.05) is 56.2 Å². The second-order valence-corrected chi connectivity index (χ2v) is 6.64. The second-order valence-electron chi connectivity index (χ2n) is 6.64. The van der Waals surface area contributed by atoms with E-state index in [2.05, 4.69) is 49.4 Å². The molecular formula is C18H21N. The van der Waals surface area contributed by atoms with Gasteiger partial charge in [0.1, 0.15) is 0 Å². The van der Waals surface area contributed by atoms with Crippen LogP contribution in [0.25, 0.3) is 0 Å². The maximum atomic E-state index is 6.36. The summed E-state index contributed by atoms with van der Waals surface area (Å²) in [7, 11) is 0. The van der Waals surface area contributed by atoms with Crippen LogP contribution in [0.5, 0.6) is 0 Å². The van der Waals surface area contributed by atoms with Gasteiger partial charge in [0.2, 0.25) is 0 Å². The number of nitrogens with two attached hydrogens (primary N) is 1. The summed E-state index contributed by atoms with van der Waals surface area (Å²) < 4.78 is 0. The van der Waals surface area contributed by atoms with E-state index in [0.29, 0.717) is 11.3 Å². The van der Waals surface area contributed by atoms with E-state index in [-0.39, 0.29) is 5.41 Å². The lowest BCUT2D eigenvalue weighted by molar-refractivity contribution is 0.283. The van der Waals surface area contributed by atoms with Crippen LogP contribution in [0, 0.1) is 5.92 Å². The van der Waals surface area contributed by atoms with Crippen LogP contribution in [0.2, 0.25) is 0 Å². The van der Waals surface area contributed by atoms with Gasteiger partial charge in [-0.15, -0.1) is 0 Å². The topological polar surface area (TPSA) is 26.0 Å². The van der Waals surface area contributed by atoms with Crippen molar-refractivity contribution in [2.24, 2.45) is 5.92 Å². The van der Waals surface area contributed by atoms with Gasteiger partial charge in [0.05, 0.1) is 0 Å². The van der Waals surface area contributed by atoms with Crippen molar-refractivity contribution in [3.63, 3.8) is 0 Å². The van der Waals surface area contributed by atoms with Crippen molar-refractivity contribution in [2.45, 2.75) is 43.4 Å². The molecule has 98 valence electrons. The first kappa shape index (κ1) is 11.3. The summed E-state index contributed by atoms with van der Waals surface area (Å²) in [6.07, 6.45) is 14.6. The average molecular weight is 251 g/mol. The molecule has 0 aliphatic heterocycles. The highest BCUT2D eigenvalue weighted by molar-refractivity contribution is 5.65. The number of nitrogen functional groups attached to an aromatic ring is 1.